The summed E-state index contributed by atoms with van der Waals surface area (Å²) in [4.78, 5) is 19.2. The first-order valence-electron chi connectivity index (χ1n) is 7.10. The van der Waals surface area contributed by atoms with Gasteiger partial charge in [-0.1, -0.05) is 24.4 Å². The van der Waals surface area contributed by atoms with Gasteiger partial charge in [-0.2, -0.15) is 0 Å². The van der Waals surface area contributed by atoms with Crippen molar-refractivity contribution in [2.45, 2.75) is 32.6 Å². The molecule has 3 rings (SSSR count). The fourth-order valence-electron chi connectivity index (χ4n) is 2.82. The molecule has 1 aliphatic heterocycles. The van der Waals surface area contributed by atoms with E-state index in [1.807, 2.05) is 22.3 Å². The van der Waals surface area contributed by atoms with Gasteiger partial charge in [-0.3, -0.25) is 9.20 Å². The minimum Gasteiger partial charge on any atom is -0.337 e. The molecule has 2 aromatic heterocycles. The zero-order valence-corrected chi connectivity index (χ0v) is 12.4. The summed E-state index contributed by atoms with van der Waals surface area (Å²) in [5, 5.41) is 0.611. The van der Waals surface area contributed by atoms with Crippen molar-refractivity contribution in [1.29, 1.82) is 0 Å². The van der Waals surface area contributed by atoms with Crippen LogP contribution in [0.3, 0.4) is 0 Å². The number of rotatable bonds is 1. The molecule has 3 heterocycles. The first kappa shape index (κ1) is 13.4. The Labute approximate surface area is 123 Å². The number of pyridine rings is 1. The topological polar surface area (TPSA) is 37.6 Å². The molecular weight excluding hydrogens is 274 g/mol. The lowest BCUT2D eigenvalue weighted by molar-refractivity contribution is 0.0754. The Bertz CT molecular complexity index is 642. The molecule has 1 amide bonds. The zero-order chi connectivity index (χ0) is 14.1. The van der Waals surface area contributed by atoms with Crippen molar-refractivity contribution in [1.82, 2.24) is 14.3 Å². The zero-order valence-electron chi connectivity index (χ0n) is 11.6. The second-order valence-corrected chi connectivity index (χ2v) is 5.76. The van der Waals surface area contributed by atoms with Crippen molar-refractivity contribution in [3.05, 3.63) is 34.7 Å². The number of nitrogens with zero attached hydrogens (tertiary/aromatic N) is 3. The molecule has 0 atom stereocenters. The number of imidazole rings is 1. The molecule has 0 bridgehead atoms. The standard InChI is InChI=1S/C15H18ClN3O/c1-11-14(15(20)18-8-4-2-3-5-9-18)19-10-12(16)6-7-13(19)17-11/h6-7,10H,2-5,8-9H2,1H3. The molecule has 1 aliphatic rings. The number of carbonyl (C=O) groups is 1. The van der Waals surface area contributed by atoms with Gasteiger partial charge in [0.1, 0.15) is 11.3 Å². The van der Waals surface area contributed by atoms with Gasteiger partial charge in [0.05, 0.1) is 10.7 Å². The second-order valence-electron chi connectivity index (χ2n) is 5.33. The molecule has 0 radical (unpaired) electrons. The Hall–Kier alpha value is -1.55. The number of hydrogen-bond acceptors (Lipinski definition) is 2. The molecule has 2 aromatic rings. The van der Waals surface area contributed by atoms with E-state index in [9.17, 15) is 4.79 Å². The lowest BCUT2D eigenvalue weighted by Crippen LogP contribution is -2.33. The molecule has 0 spiro atoms. The highest BCUT2D eigenvalue weighted by Gasteiger charge is 2.23. The molecule has 4 nitrogen and oxygen atoms in total. The number of likely N-dealkylation sites (tertiary alicyclic amines) is 1. The molecule has 106 valence electrons. The summed E-state index contributed by atoms with van der Waals surface area (Å²) >= 11 is 6.04. The third-order valence-corrected chi connectivity index (χ3v) is 4.08. The van der Waals surface area contributed by atoms with Crippen LogP contribution in [0.25, 0.3) is 5.65 Å². The number of halogens is 1. The summed E-state index contributed by atoms with van der Waals surface area (Å²) in [7, 11) is 0. The number of hydrogen-bond donors (Lipinski definition) is 0. The van der Waals surface area contributed by atoms with E-state index in [1.54, 1.807) is 12.3 Å². The number of carbonyl (C=O) groups excluding carboxylic acids is 1. The smallest absolute Gasteiger partial charge is 0.272 e. The van der Waals surface area contributed by atoms with Gasteiger partial charge in [0, 0.05) is 19.3 Å². The minimum atomic E-state index is 0.0687. The Morgan fingerprint density at radius 2 is 1.90 bits per heavy atom. The third-order valence-electron chi connectivity index (χ3n) is 3.85. The first-order chi connectivity index (χ1) is 9.66. The quantitative estimate of drug-likeness (QED) is 0.808. The first-order valence-corrected chi connectivity index (χ1v) is 7.48. The molecular formula is C15H18ClN3O. The van der Waals surface area contributed by atoms with E-state index in [2.05, 4.69) is 4.98 Å². The number of aryl methyl sites for hydroxylation is 1. The van der Waals surface area contributed by atoms with Crippen LogP contribution in [0.2, 0.25) is 5.02 Å². The van der Waals surface area contributed by atoms with Crippen LogP contribution in [-0.4, -0.2) is 33.3 Å². The molecule has 5 heteroatoms. The average Bonchev–Trinajstić information content (AvgIpc) is 2.63. The van der Waals surface area contributed by atoms with Crippen molar-refractivity contribution >= 4 is 23.2 Å². The summed E-state index contributed by atoms with van der Waals surface area (Å²) in [6, 6.07) is 3.64. The highest BCUT2D eigenvalue weighted by atomic mass is 35.5. The number of aromatic nitrogens is 2. The predicted molar refractivity (Wildman–Crippen MR) is 79.3 cm³/mol. The lowest BCUT2D eigenvalue weighted by Gasteiger charge is -2.20. The maximum atomic E-state index is 12.8. The van der Waals surface area contributed by atoms with Crippen LogP contribution in [0.5, 0.6) is 0 Å². The largest absolute Gasteiger partial charge is 0.337 e. The molecule has 1 saturated heterocycles. The van der Waals surface area contributed by atoms with Crippen LogP contribution in [0.4, 0.5) is 0 Å². The molecule has 0 aromatic carbocycles. The van der Waals surface area contributed by atoms with Crippen molar-refractivity contribution in [2.75, 3.05) is 13.1 Å². The Morgan fingerprint density at radius 3 is 2.60 bits per heavy atom. The maximum Gasteiger partial charge on any atom is 0.272 e. The summed E-state index contributed by atoms with van der Waals surface area (Å²) in [5.41, 5.74) is 2.18. The van der Waals surface area contributed by atoms with Crippen molar-refractivity contribution in [3.8, 4) is 0 Å². The van der Waals surface area contributed by atoms with Crippen molar-refractivity contribution in [3.63, 3.8) is 0 Å². The predicted octanol–water partition coefficient (Wildman–Crippen LogP) is 3.31. The highest BCUT2D eigenvalue weighted by molar-refractivity contribution is 6.30. The second kappa shape index (κ2) is 5.44. The van der Waals surface area contributed by atoms with Gasteiger partial charge < -0.3 is 4.90 Å². The van der Waals surface area contributed by atoms with Crippen LogP contribution in [0.15, 0.2) is 18.3 Å². The SMILES string of the molecule is Cc1nc2ccc(Cl)cn2c1C(=O)N1CCCCCC1. The van der Waals surface area contributed by atoms with Crippen molar-refractivity contribution < 1.29 is 4.79 Å². The summed E-state index contributed by atoms with van der Waals surface area (Å²) in [6.45, 7) is 3.56. The van der Waals surface area contributed by atoms with Gasteiger partial charge in [-0.05, 0) is 31.9 Å². The van der Waals surface area contributed by atoms with Gasteiger partial charge in [0.15, 0.2) is 0 Å². The minimum absolute atomic E-state index is 0.0687. The fourth-order valence-corrected chi connectivity index (χ4v) is 2.98. The Morgan fingerprint density at radius 1 is 1.20 bits per heavy atom. The van der Waals surface area contributed by atoms with E-state index in [1.165, 1.54) is 12.8 Å². The monoisotopic (exact) mass is 291 g/mol. The third kappa shape index (κ3) is 2.40. The van der Waals surface area contributed by atoms with Crippen molar-refractivity contribution in [2.24, 2.45) is 0 Å². The van der Waals surface area contributed by atoms with Crippen LogP contribution in [-0.2, 0) is 0 Å². The van der Waals surface area contributed by atoms with E-state index in [-0.39, 0.29) is 5.91 Å². The summed E-state index contributed by atoms with van der Waals surface area (Å²) in [5.74, 6) is 0.0687. The van der Waals surface area contributed by atoms with Gasteiger partial charge in [-0.25, -0.2) is 4.98 Å². The van der Waals surface area contributed by atoms with E-state index >= 15 is 0 Å². The van der Waals surface area contributed by atoms with Gasteiger partial charge in [0.25, 0.3) is 5.91 Å². The van der Waals surface area contributed by atoms with Gasteiger partial charge in [-0.15, -0.1) is 0 Å². The lowest BCUT2D eigenvalue weighted by atomic mass is 10.2. The Balaban J connectivity index is 2.01. The molecule has 20 heavy (non-hydrogen) atoms. The van der Waals surface area contributed by atoms with Crippen LogP contribution in [0, 0.1) is 6.92 Å². The molecule has 0 saturated carbocycles. The van der Waals surface area contributed by atoms with E-state index < -0.39 is 0 Å². The molecule has 0 aliphatic carbocycles. The van der Waals surface area contributed by atoms with E-state index in [0.717, 1.165) is 37.3 Å². The Kier molecular flexibility index (Phi) is 3.66. The van der Waals surface area contributed by atoms with E-state index in [4.69, 9.17) is 11.6 Å². The van der Waals surface area contributed by atoms with Crippen LogP contribution in [0.1, 0.15) is 41.9 Å². The van der Waals surface area contributed by atoms with E-state index in [0.29, 0.717) is 10.7 Å². The normalized spacial score (nSPS) is 16.4. The van der Waals surface area contributed by atoms with Gasteiger partial charge in [0.2, 0.25) is 0 Å². The highest BCUT2D eigenvalue weighted by Crippen LogP contribution is 2.19. The maximum absolute atomic E-state index is 12.8. The molecule has 1 fully saturated rings. The molecule has 0 N–H and O–H groups in total. The van der Waals surface area contributed by atoms with Crippen LogP contribution < -0.4 is 0 Å². The number of fused-ring (bicyclic) bond motifs is 1. The van der Waals surface area contributed by atoms with Crippen LogP contribution >= 0.6 is 11.6 Å². The van der Waals surface area contributed by atoms with Gasteiger partial charge >= 0.3 is 0 Å². The fraction of sp³-hybridized carbons (Fsp3) is 0.467. The molecule has 0 unspecified atom stereocenters. The summed E-state index contributed by atoms with van der Waals surface area (Å²) < 4.78 is 1.81. The number of amides is 1. The average molecular weight is 292 g/mol. The summed E-state index contributed by atoms with van der Waals surface area (Å²) in [6.07, 6.45) is 6.36.